The average Bonchev–Trinajstić information content (AvgIpc) is 2.75. The van der Waals surface area contributed by atoms with Crippen molar-refractivity contribution in [1.29, 1.82) is 0 Å². The molecule has 0 spiro atoms. The Kier molecular flexibility index (Phi) is 1.52. The highest BCUT2D eigenvalue weighted by atomic mass is 15.4. The molecule has 0 aromatic carbocycles. The van der Waals surface area contributed by atoms with Gasteiger partial charge in [0.25, 0.3) is 0 Å². The summed E-state index contributed by atoms with van der Waals surface area (Å²) in [5.74, 6) is 2.43. The smallest absolute Gasteiger partial charge is 0.155 e. The molecule has 12 heavy (non-hydrogen) atoms. The molecule has 1 aromatic heterocycles. The van der Waals surface area contributed by atoms with Gasteiger partial charge in [-0.1, -0.05) is 29.5 Å². The molecule has 0 saturated carbocycles. The van der Waals surface area contributed by atoms with Gasteiger partial charge in [-0.15, -0.1) is 11.5 Å². The predicted molar refractivity (Wildman–Crippen MR) is 45.3 cm³/mol. The molecule has 0 saturated heterocycles. The Labute approximate surface area is 70.4 Å². The summed E-state index contributed by atoms with van der Waals surface area (Å²) >= 11 is 0. The molecule has 3 nitrogen and oxygen atoms in total. The van der Waals surface area contributed by atoms with Gasteiger partial charge in [0, 0.05) is 0 Å². The highest BCUT2D eigenvalue weighted by molar-refractivity contribution is 5.23. The van der Waals surface area contributed by atoms with Gasteiger partial charge in [-0.05, 0) is 5.92 Å². The van der Waals surface area contributed by atoms with Crippen molar-refractivity contribution < 1.29 is 0 Å². The van der Waals surface area contributed by atoms with Crippen molar-refractivity contribution in [2.24, 2.45) is 0 Å². The summed E-state index contributed by atoms with van der Waals surface area (Å²) in [6.45, 7) is 0. The van der Waals surface area contributed by atoms with E-state index in [9.17, 15) is 0 Å². The lowest BCUT2D eigenvalue weighted by Gasteiger charge is -2.01. The van der Waals surface area contributed by atoms with Crippen LogP contribution in [0.2, 0.25) is 0 Å². The Morgan fingerprint density at radius 1 is 1.42 bits per heavy atom. The van der Waals surface area contributed by atoms with E-state index >= 15 is 0 Å². The number of nitrogens with zero attached hydrogens (tertiary/aromatic N) is 3. The highest BCUT2D eigenvalue weighted by Crippen LogP contribution is 2.13. The van der Waals surface area contributed by atoms with Crippen molar-refractivity contribution in [1.82, 2.24) is 15.0 Å². The maximum atomic E-state index is 5.16. The molecule has 0 N–H and O–H groups in total. The van der Waals surface area contributed by atoms with Crippen LogP contribution in [0.1, 0.15) is 11.7 Å². The van der Waals surface area contributed by atoms with E-state index in [4.69, 9.17) is 6.42 Å². The summed E-state index contributed by atoms with van der Waals surface area (Å²) in [6, 6.07) is 0.180. The third-order valence-corrected chi connectivity index (χ3v) is 1.69. The van der Waals surface area contributed by atoms with Gasteiger partial charge in [0.1, 0.15) is 0 Å². The largest absolute Gasteiger partial charge is 0.240 e. The molecule has 0 atom stereocenters. The molecule has 3 heteroatoms. The van der Waals surface area contributed by atoms with Crippen LogP contribution in [0, 0.1) is 12.3 Å². The van der Waals surface area contributed by atoms with Crippen LogP contribution >= 0.6 is 0 Å². The second-order valence-corrected chi connectivity index (χ2v) is 2.49. The van der Waals surface area contributed by atoms with Crippen LogP contribution in [0.3, 0.4) is 0 Å². The van der Waals surface area contributed by atoms with E-state index in [0.29, 0.717) is 5.69 Å². The third kappa shape index (κ3) is 1.04. The van der Waals surface area contributed by atoms with Crippen LogP contribution in [0.15, 0.2) is 30.5 Å². The van der Waals surface area contributed by atoms with E-state index < -0.39 is 0 Å². The number of allylic oxidation sites excluding steroid dienone is 4. The van der Waals surface area contributed by atoms with Crippen molar-refractivity contribution in [3.05, 3.63) is 36.2 Å². The van der Waals surface area contributed by atoms with Gasteiger partial charge in [0.15, 0.2) is 5.69 Å². The van der Waals surface area contributed by atoms with Gasteiger partial charge in [0.2, 0.25) is 0 Å². The molecule has 0 fully saturated rings. The molecule has 1 aliphatic carbocycles. The first-order valence-corrected chi connectivity index (χ1v) is 3.63. The van der Waals surface area contributed by atoms with Gasteiger partial charge < -0.3 is 0 Å². The SMILES string of the molecule is C#Cc1cn(C2C=CC=C2)nn1. The molecule has 2 rings (SSSR count). The maximum Gasteiger partial charge on any atom is 0.155 e. The Balaban J connectivity index is 2.30. The zero-order chi connectivity index (χ0) is 8.39. The third-order valence-electron chi connectivity index (χ3n) is 1.69. The fourth-order valence-corrected chi connectivity index (χ4v) is 1.09. The van der Waals surface area contributed by atoms with Gasteiger partial charge in [-0.25, -0.2) is 4.68 Å². The lowest BCUT2D eigenvalue weighted by molar-refractivity contribution is 0.603. The van der Waals surface area contributed by atoms with Gasteiger partial charge in [-0.2, -0.15) is 0 Å². The molecule has 1 aliphatic rings. The Bertz CT molecular complexity index is 367. The van der Waals surface area contributed by atoms with Crippen molar-refractivity contribution >= 4 is 0 Å². The molecular formula is C9H7N3. The summed E-state index contributed by atoms with van der Waals surface area (Å²) in [4.78, 5) is 0. The van der Waals surface area contributed by atoms with E-state index in [1.807, 2.05) is 24.3 Å². The minimum absolute atomic E-state index is 0.180. The fraction of sp³-hybridized carbons (Fsp3) is 0.111. The van der Waals surface area contributed by atoms with E-state index in [-0.39, 0.29) is 6.04 Å². The second-order valence-electron chi connectivity index (χ2n) is 2.49. The molecule has 58 valence electrons. The summed E-state index contributed by atoms with van der Waals surface area (Å²) < 4.78 is 1.73. The molecule has 1 heterocycles. The van der Waals surface area contributed by atoms with Crippen molar-refractivity contribution in [2.45, 2.75) is 6.04 Å². The van der Waals surface area contributed by atoms with Crippen LogP contribution in [-0.4, -0.2) is 15.0 Å². The summed E-state index contributed by atoms with van der Waals surface area (Å²) in [6.07, 6.45) is 14.9. The van der Waals surface area contributed by atoms with Crippen LogP contribution < -0.4 is 0 Å². The second kappa shape index (κ2) is 2.67. The van der Waals surface area contributed by atoms with Crippen molar-refractivity contribution in [3.8, 4) is 12.3 Å². The van der Waals surface area contributed by atoms with Gasteiger partial charge in [-0.3, -0.25) is 0 Å². The fourth-order valence-electron chi connectivity index (χ4n) is 1.09. The standard InChI is InChI=1S/C9H7N3/c1-2-8-7-12(11-10-8)9-5-3-4-6-9/h1,3-7,9H. The molecule has 0 unspecified atom stereocenters. The maximum absolute atomic E-state index is 5.16. The van der Waals surface area contributed by atoms with Crippen LogP contribution in [-0.2, 0) is 0 Å². The van der Waals surface area contributed by atoms with Gasteiger partial charge in [0.05, 0.1) is 12.2 Å². The minimum atomic E-state index is 0.180. The Morgan fingerprint density at radius 2 is 2.17 bits per heavy atom. The molecule has 0 amide bonds. The molecule has 0 radical (unpaired) electrons. The first-order chi connectivity index (χ1) is 5.90. The first-order valence-electron chi connectivity index (χ1n) is 3.63. The lowest BCUT2D eigenvalue weighted by atomic mass is 10.3. The Morgan fingerprint density at radius 3 is 2.75 bits per heavy atom. The van der Waals surface area contributed by atoms with Crippen LogP contribution in [0.4, 0.5) is 0 Å². The predicted octanol–water partition coefficient (Wildman–Crippen LogP) is 0.926. The highest BCUT2D eigenvalue weighted by Gasteiger charge is 2.07. The monoisotopic (exact) mass is 157 g/mol. The molecule has 0 aliphatic heterocycles. The number of aromatic nitrogens is 3. The Hall–Kier alpha value is -1.82. The average molecular weight is 157 g/mol. The summed E-state index contributed by atoms with van der Waals surface area (Å²) in [5.41, 5.74) is 0.573. The number of hydrogen-bond acceptors (Lipinski definition) is 2. The van der Waals surface area contributed by atoms with Crippen molar-refractivity contribution in [2.75, 3.05) is 0 Å². The number of hydrogen-bond donors (Lipinski definition) is 0. The number of rotatable bonds is 1. The van der Waals surface area contributed by atoms with Crippen LogP contribution in [0.25, 0.3) is 0 Å². The van der Waals surface area contributed by atoms with E-state index in [2.05, 4.69) is 16.2 Å². The van der Waals surface area contributed by atoms with E-state index in [1.165, 1.54) is 0 Å². The van der Waals surface area contributed by atoms with E-state index in [0.717, 1.165) is 0 Å². The van der Waals surface area contributed by atoms with Gasteiger partial charge >= 0.3 is 0 Å². The van der Waals surface area contributed by atoms with E-state index in [1.54, 1.807) is 10.9 Å². The first kappa shape index (κ1) is 6.86. The quantitative estimate of drug-likeness (QED) is 0.568. The molecular weight excluding hydrogens is 150 g/mol. The lowest BCUT2D eigenvalue weighted by Crippen LogP contribution is -2.02. The molecule has 0 bridgehead atoms. The summed E-state index contributed by atoms with van der Waals surface area (Å²) in [5, 5.41) is 7.68. The summed E-state index contributed by atoms with van der Waals surface area (Å²) in [7, 11) is 0. The van der Waals surface area contributed by atoms with Crippen LogP contribution in [0.5, 0.6) is 0 Å². The number of terminal acetylenes is 1. The minimum Gasteiger partial charge on any atom is -0.240 e. The zero-order valence-electron chi connectivity index (χ0n) is 6.38. The molecule has 1 aromatic rings. The normalized spacial score (nSPS) is 15.2. The zero-order valence-corrected chi connectivity index (χ0v) is 6.38. The topological polar surface area (TPSA) is 30.7 Å². The van der Waals surface area contributed by atoms with Crippen molar-refractivity contribution in [3.63, 3.8) is 0 Å².